The highest BCUT2D eigenvalue weighted by molar-refractivity contribution is 9.10. The summed E-state index contributed by atoms with van der Waals surface area (Å²) in [6.07, 6.45) is 1.68. The third kappa shape index (κ3) is 4.17. The maximum atomic E-state index is 12.2. The van der Waals surface area contributed by atoms with Gasteiger partial charge in [-0.15, -0.1) is 0 Å². The maximum absolute atomic E-state index is 12.2. The van der Waals surface area contributed by atoms with Crippen molar-refractivity contribution >= 4 is 21.6 Å². The van der Waals surface area contributed by atoms with Crippen LogP contribution in [0.4, 0.5) is 14.5 Å². The van der Waals surface area contributed by atoms with Crippen molar-refractivity contribution in [3.63, 3.8) is 0 Å². The second-order valence-corrected chi connectivity index (χ2v) is 4.61. The van der Waals surface area contributed by atoms with E-state index in [0.717, 1.165) is 10.2 Å². The van der Waals surface area contributed by atoms with Crippen LogP contribution in [-0.2, 0) is 6.54 Å². The third-order valence-corrected chi connectivity index (χ3v) is 2.82. The Bertz CT molecular complexity index is 534. The smallest absolute Gasteiger partial charge is 0.387 e. The summed E-state index contributed by atoms with van der Waals surface area (Å²) in [5.41, 5.74) is 1.31. The molecule has 19 heavy (non-hydrogen) atoms. The van der Waals surface area contributed by atoms with Gasteiger partial charge in [-0.05, 0) is 40.2 Å². The number of benzene rings is 1. The summed E-state index contributed by atoms with van der Waals surface area (Å²) in [6.45, 7) is -2.41. The number of ether oxygens (including phenoxy) is 1. The Morgan fingerprint density at radius 2 is 2.00 bits per heavy atom. The number of hydrogen-bond acceptors (Lipinski definition) is 3. The fourth-order valence-electron chi connectivity index (χ4n) is 1.51. The first-order valence-corrected chi connectivity index (χ1v) is 6.32. The van der Waals surface area contributed by atoms with Gasteiger partial charge in [0.1, 0.15) is 5.75 Å². The zero-order valence-corrected chi connectivity index (χ0v) is 11.4. The molecule has 0 fully saturated rings. The summed E-state index contributed by atoms with van der Waals surface area (Å²) in [5.74, 6) is 0.120. The van der Waals surface area contributed by atoms with E-state index in [0.29, 0.717) is 12.2 Å². The molecule has 6 heteroatoms. The summed E-state index contributed by atoms with van der Waals surface area (Å²) < 4.78 is 29.8. The predicted molar refractivity (Wildman–Crippen MR) is 72.3 cm³/mol. The first kappa shape index (κ1) is 13.7. The van der Waals surface area contributed by atoms with Crippen molar-refractivity contribution in [2.24, 2.45) is 0 Å². The first-order chi connectivity index (χ1) is 9.15. The SMILES string of the molecule is FC(F)Oc1ccccc1NCc1ccc(Br)cn1. The Hall–Kier alpha value is -1.69. The van der Waals surface area contributed by atoms with E-state index in [4.69, 9.17) is 0 Å². The van der Waals surface area contributed by atoms with E-state index < -0.39 is 6.61 Å². The summed E-state index contributed by atoms with van der Waals surface area (Å²) in [7, 11) is 0. The van der Waals surface area contributed by atoms with E-state index in [2.05, 4.69) is 31.0 Å². The van der Waals surface area contributed by atoms with Gasteiger partial charge in [0.25, 0.3) is 0 Å². The lowest BCUT2D eigenvalue weighted by Gasteiger charge is -2.12. The molecular formula is C13H11BrF2N2O. The van der Waals surface area contributed by atoms with Crippen molar-refractivity contribution in [1.82, 2.24) is 4.98 Å². The molecule has 0 aliphatic carbocycles. The molecule has 2 rings (SSSR count). The molecule has 1 heterocycles. The average molecular weight is 329 g/mol. The number of nitrogens with zero attached hydrogens (tertiary/aromatic N) is 1. The second-order valence-electron chi connectivity index (χ2n) is 3.70. The molecule has 0 aliphatic heterocycles. The molecule has 0 atom stereocenters. The van der Waals surface area contributed by atoms with E-state index in [9.17, 15) is 8.78 Å². The molecule has 100 valence electrons. The van der Waals surface area contributed by atoms with Crippen molar-refractivity contribution in [3.05, 3.63) is 52.8 Å². The minimum absolute atomic E-state index is 0.120. The van der Waals surface area contributed by atoms with Gasteiger partial charge in [-0.1, -0.05) is 12.1 Å². The summed E-state index contributed by atoms with van der Waals surface area (Å²) in [6, 6.07) is 10.3. The Morgan fingerprint density at radius 3 is 2.68 bits per heavy atom. The predicted octanol–water partition coefficient (Wildman–Crippen LogP) is 4.06. The highest BCUT2D eigenvalue weighted by Crippen LogP contribution is 2.25. The second kappa shape index (κ2) is 6.47. The Balaban J connectivity index is 2.04. The number of halogens is 3. The van der Waals surface area contributed by atoms with Gasteiger partial charge in [0.15, 0.2) is 0 Å². The Morgan fingerprint density at radius 1 is 1.21 bits per heavy atom. The number of pyridine rings is 1. The lowest BCUT2D eigenvalue weighted by molar-refractivity contribution is -0.0493. The molecule has 0 aliphatic rings. The lowest BCUT2D eigenvalue weighted by Crippen LogP contribution is -2.07. The van der Waals surface area contributed by atoms with Crippen LogP contribution in [0.25, 0.3) is 0 Å². The number of rotatable bonds is 5. The summed E-state index contributed by atoms with van der Waals surface area (Å²) in [5, 5.41) is 3.02. The van der Waals surface area contributed by atoms with Crippen LogP contribution in [0.15, 0.2) is 47.1 Å². The summed E-state index contributed by atoms with van der Waals surface area (Å²) in [4.78, 5) is 4.19. The topological polar surface area (TPSA) is 34.1 Å². The van der Waals surface area contributed by atoms with Gasteiger partial charge in [-0.3, -0.25) is 4.98 Å². The van der Waals surface area contributed by atoms with E-state index in [1.54, 1.807) is 24.4 Å². The standard InChI is InChI=1S/C13H11BrF2N2O/c14-9-5-6-10(17-7-9)8-18-11-3-1-2-4-12(11)19-13(15)16/h1-7,13,18H,8H2. The number of anilines is 1. The molecule has 1 aromatic heterocycles. The minimum Gasteiger partial charge on any atom is -0.433 e. The zero-order valence-electron chi connectivity index (χ0n) is 9.82. The Kier molecular flexibility index (Phi) is 4.68. The third-order valence-electron chi connectivity index (χ3n) is 2.35. The van der Waals surface area contributed by atoms with Gasteiger partial charge >= 0.3 is 6.61 Å². The molecule has 2 aromatic rings. The van der Waals surface area contributed by atoms with Crippen LogP contribution in [0.1, 0.15) is 5.69 Å². The van der Waals surface area contributed by atoms with Gasteiger partial charge in [-0.2, -0.15) is 8.78 Å². The fourth-order valence-corrected chi connectivity index (χ4v) is 1.74. The van der Waals surface area contributed by atoms with Crippen LogP contribution < -0.4 is 10.1 Å². The maximum Gasteiger partial charge on any atom is 0.387 e. The lowest BCUT2D eigenvalue weighted by atomic mass is 10.3. The van der Waals surface area contributed by atoms with E-state index in [1.165, 1.54) is 6.07 Å². The highest BCUT2D eigenvalue weighted by Gasteiger charge is 2.08. The van der Waals surface area contributed by atoms with Crippen molar-refractivity contribution in [3.8, 4) is 5.75 Å². The van der Waals surface area contributed by atoms with Gasteiger partial charge in [0.2, 0.25) is 0 Å². The average Bonchev–Trinajstić information content (AvgIpc) is 2.39. The van der Waals surface area contributed by atoms with Crippen molar-refractivity contribution in [1.29, 1.82) is 0 Å². The van der Waals surface area contributed by atoms with Crippen molar-refractivity contribution in [2.45, 2.75) is 13.2 Å². The molecule has 0 amide bonds. The summed E-state index contributed by atoms with van der Waals surface area (Å²) >= 11 is 3.29. The van der Waals surface area contributed by atoms with Crippen LogP contribution in [0, 0.1) is 0 Å². The molecule has 1 N–H and O–H groups in total. The van der Waals surface area contributed by atoms with Crippen LogP contribution in [-0.4, -0.2) is 11.6 Å². The highest BCUT2D eigenvalue weighted by atomic mass is 79.9. The molecule has 1 aromatic carbocycles. The molecule has 0 radical (unpaired) electrons. The van der Waals surface area contributed by atoms with Gasteiger partial charge in [0, 0.05) is 10.7 Å². The fraction of sp³-hybridized carbons (Fsp3) is 0.154. The minimum atomic E-state index is -2.84. The van der Waals surface area contributed by atoms with Gasteiger partial charge < -0.3 is 10.1 Å². The zero-order chi connectivity index (χ0) is 13.7. The Labute approximate surface area is 117 Å². The van der Waals surface area contributed by atoms with Gasteiger partial charge in [0.05, 0.1) is 17.9 Å². The van der Waals surface area contributed by atoms with Crippen molar-refractivity contribution in [2.75, 3.05) is 5.32 Å². The largest absolute Gasteiger partial charge is 0.433 e. The first-order valence-electron chi connectivity index (χ1n) is 5.53. The number of nitrogens with one attached hydrogen (secondary N) is 1. The number of hydrogen-bond donors (Lipinski definition) is 1. The normalized spacial score (nSPS) is 10.5. The molecule has 0 unspecified atom stereocenters. The van der Waals surface area contributed by atoms with E-state index in [1.807, 2.05) is 12.1 Å². The quantitative estimate of drug-likeness (QED) is 0.898. The van der Waals surface area contributed by atoms with Crippen LogP contribution in [0.5, 0.6) is 5.75 Å². The molecular weight excluding hydrogens is 318 g/mol. The molecule has 3 nitrogen and oxygen atoms in total. The molecule has 0 spiro atoms. The van der Waals surface area contributed by atoms with Crippen LogP contribution >= 0.6 is 15.9 Å². The number of alkyl halides is 2. The molecule has 0 saturated carbocycles. The van der Waals surface area contributed by atoms with Crippen LogP contribution in [0.2, 0.25) is 0 Å². The van der Waals surface area contributed by atoms with Gasteiger partial charge in [-0.25, -0.2) is 0 Å². The van der Waals surface area contributed by atoms with Crippen LogP contribution in [0.3, 0.4) is 0 Å². The van der Waals surface area contributed by atoms with E-state index in [-0.39, 0.29) is 5.75 Å². The van der Waals surface area contributed by atoms with Crippen molar-refractivity contribution < 1.29 is 13.5 Å². The molecule has 0 saturated heterocycles. The molecule has 0 bridgehead atoms. The number of para-hydroxylation sites is 2. The van der Waals surface area contributed by atoms with E-state index >= 15 is 0 Å². The monoisotopic (exact) mass is 328 g/mol. The number of aromatic nitrogens is 1.